The predicted octanol–water partition coefficient (Wildman–Crippen LogP) is 3.01. The van der Waals surface area contributed by atoms with Crippen LogP contribution in [0.25, 0.3) is 11.4 Å². The van der Waals surface area contributed by atoms with E-state index in [1.54, 1.807) is 18.6 Å². The van der Waals surface area contributed by atoms with Crippen LogP contribution >= 0.6 is 0 Å². The zero-order chi connectivity index (χ0) is 18.5. The Kier molecular flexibility index (Phi) is 5.02. The fraction of sp³-hybridized carbons (Fsp3) is 0.200. The molecule has 0 radical (unpaired) electrons. The van der Waals surface area contributed by atoms with Gasteiger partial charge in [0.05, 0.1) is 13.1 Å². The molecule has 0 saturated heterocycles. The topological polar surface area (TPSA) is 72.9 Å². The Bertz CT molecular complexity index is 963. The number of benzene rings is 1. The van der Waals surface area contributed by atoms with E-state index in [0.717, 1.165) is 18.7 Å². The van der Waals surface area contributed by atoms with Gasteiger partial charge < -0.3 is 4.52 Å². The molecule has 0 N–H and O–H groups in total. The Hall–Kier alpha value is -3.32. The van der Waals surface area contributed by atoms with E-state index < -0.39 is 0 Å². The summed E-state index contributed by atoms with van der Waals surface area (Å²) in [6.07, 6.45) is 7.19. The fourth-order valence-corrected chi connectivity index (χ4v) is 2.87. The maximum absolute atomic E-state index is 5.37. The van der Waals surface area contributed by atoms with Gasteiger partial charge in [-0.25, -0.2) is 0 Å². The largest absolute Gasteiger partial charge is 0.338 e. The molecule has 0 saturated carbocycles. The Morgan fingerprint density at radius 3 is 2.48 bits per heavy atom. The second-order valence-corrected chi connectivity index (χ2v) is 6.44. The van der Waals surface area contributed by atoms with E-state index in [1.165, 1.54) is 11.1 Å². The van der Waals surface area contributed by atoms with Crippen molar-refractivity contribution < 1.29 is 4.52 Å². The van der Waals surface area contributed by atoms with Gasteiger partial charge in [-0.1, -0.05) is 29.4 Å². The number of hydrogen-bond acceptors (Lipinski definition) is 6. The van der Waals surface area contributed by atoms with Gasteiger partial charge in [-0.15, -0.1) is 0 Å². The van der Waals surface area contributed by atoms with E-state index in [4.69, 9.17) is 4.52 Å². The van der Waals surface area contributed by atoms with E-state index >= 15 is 0 Å². The third-order valence-electron chi connectivity index (χ3n) is 4.19. The molecule has 7 heteroatoms. The Morgan fingerprint density at radius 1 is 0.963 bits per heavy atom. The Labute approximate surface area is 157 Å². The third kappa shape index (κ3) is 4.45. The summed E-state index contributed by atoms with van der Waals surface area (Å²) in [6, 6.07) is 14.2. The maximum Gasteiger partial charge on any atom is 0.241 e. The Balaban J connectivity index is 1.34. The van der Waals surface area contributed by atoms with Crippen LogP contribution in [0.4, 0.5) is 0 Å². The molecule has 3 heterocycles. The highest BCUT2D eigenvalue weighted by Crippen LogP contribution is 2.15. The minimum atomic E-state index is 0.587. The van der Waals surface area contributed by atoms with Gasteiger partial charge in [0.25, 0.3) is 0 Å². The van der Waals surface area contributed by atoms with Gasteiger partial charge in [-0.05, 0) is 36.4 Å². The van der Waals surface area contributed by atoms with Crippen LogP contribution in [0.2, 0.25) is 0 Å². The average molecular weight is 360 g/mol. The van der Waals surface area contributed by atoms with Crippen LogP contribution in [0.1, 0.15) is 17.0 Å². The van der Waals surface area contributed by atoms with Crippen molar-refractivity contribution in [2.75, 3.05) is 7.05 Å². The molecule has 0 bridgehead atoms. The monoisotopic (exact) mass is 360 g/mol. The van der Waals surface area contributed by atoms with E-state index in [2.05, 4.69) is 49.4 Å². The van der Waals surface area contributed by atoms with Crippen molar-refractivity contribution in [2.24, 2.45) is 0 Å². The van der Waals surface area contributed by atoms with E-state index in [9.17, 15) is 0 Å². The quantitative estimate of drug-likeness (QED) is 0.504. The normalized spacial score (nSPS) is 11.2. The van der Waals surface area contributed by atoms with Crippen LogP contribution in [0, 0.1) is 0 Å². The van der Waals surface area contributed by atoms with Crippen LogP contribution < -0.4 is 0 Å². The van der Waals surface area contributed by atoms with Crippen molar-refractivity contribution >= 4 is 0 Å². The summed E-state index contributed by atoms with van der Waals surface area (Å²) in [6.45, 7) is 2.17. The summed E-state index contributed by atoms with van der Waals surface area (Å²) in [5.41, 5.74) is 3.36. The van der Waals surface area contributed by atoms with Crippen LogP contribution in [0.15, 0.2) is 71.8 Å². The molecule has 0 amide bonds. The minimum absolute atomic E-state index is 0.587. The summed E-state index contributed by atoms with van der Waals surface area (Å²) < 4.78 is 7.29. The van der Waals surface area contributed by atoms with Gasteiger partial charge in [0.1, 0.15) is 0 Å². The molecular formula is C20H20N6O. The van der Waals surface area contributed by atoms with Crippen molar-refractivity contribution in [3.63, 3.8) is 0 Å². The highest BCUT2D eigenvalue weighted by Gasteiger charge is 2.11. The van der Waals surface area contributed by atoms with Gasteiger partial charge >= 0.3 is 0 Å². The summed E-state index contributed by atoms with van der Waals surface area (Å²) in [7, 11) is 2.04. The molecule has 0 aliphatic heterocycles. The average Bonchev–Trinajstić information content (AvgIpc) is 3.36. The van der Waals surface area contributed by atoms with Crippen molar-refractivity contribution in [1.82, 2.24) is 29.8 Å². The van der Waals surface area contributed by atoms with Crippen molar-refractivity contribution in [1.29, 1.82) is 0 Å². The number of aromatic nitrogens is 5. The lowest BCUT2D eigenvalue weighted by molar-refractivity contribution is 0.261. The molecule has 4 rings (SSSR count). The van der Waals surface area contributed by atoms with Gasteiger partial charge in [-0.2, -0.15) is 10.1 Å². The fourth-order valence-electron chi connectivity index (χ4n) is 2.87. The van der Waals surface area contributed by atoms with Crippen molar-refractivity contribution in [3.05, 3.63) is 84.3 Å². The Morgan fingerprint density at radius 2 is 1.74 bits per heavy atom. The number of rotatable bonds is 7. The molecule has 4 aromatic rings. The molecule has 136 valence electrons. The van der Waals surface area contributed by atoms with Crippen LogP contribution in [-0.4, -0.2) is 36.9 Å². The predicted molar refractivity (Wildman–Crippen MR) is 100 cm³/mol. The molecule has 0 aliphatic carbocycles. The molecule has 0 fully saturated rings. The number of hydrogen-bond donors (Lipinski definition) is 0. The molecule has 0 spiro atoms. The summed E-state index contributed by atoms with van der Waals surface area (Å²) in [5.74, 6) is 1.18. The molecule has 27 heavy (non-hydrogen) atoms. The summed E-state index contributed by atoms with van der Waals surface area (Å²) >= 11 is 0. The second kappa shape index (κ2) is 7.92. The first-order valence-electron chi connectivity index (χ1n) is 8.73. The highest BCUT2D eigenvalue weighted by atomic mass is 16.5. The maximum atomic E-state index is 5.37. The molecule has 0 aliphatic rings. The van der Waals surface area contributed by atoms with Crippen LogP contribution in [0.5, 0.6) is 0 Å². The SMILES string of the molecule is CN(Cc1ccc(Cn2cccn2)cc1)Cc1nc(-c2ccncc2)no1. The lowest BCUT2D eigenvalue weighted by atomic mass is 10.1. The first-order valence-corrected chi connectivity index (χ1v) is 8.73. The lowest BCUT2D eigenvalue weighted by Crippen LogP contribution is -2.17. The molecule has 3 aromatic heterocycles. The van der Waals surface area contributed by atoms with Crippen molar-refractivity contribution in [3.8, 4) is 11.4 Å². The zero-order valence-corrected chi connectivity index (χ0v) is 15.1. The number of pyridine rings is 1. The van der Waals surface area contributed by atoms with Crippen LogP contribution in [-0.2, 0) is 19.6 Å². The standard InChI is InChI=1S/C20H20N6O/c1-25(15-19-23-20(24-27-19)18-7-10-21-11-8-18)13-16-3-5-17(6-4-16)14-26-12-2-9-22-26/h2-12H,13-15H2,1H3. The van der Waals surface area contributed by atoms with Gasteiger partial charge in [0.15, 0.2) is 0 Å². The second-order valence-electron chi connectivity index (χ2n) is 6.44. The smallest absolute Gasteiger partial charge is 0.241 e. The highest BCUT2D eigenvalue weighted by molar-refractivity contribution is 5.52. The lowest BCUT2D eigenvalue weighted by Gasteiger charge is -2.14. The minimum Gasteiger partial charge on any atom is -0.338 e. The van der Waals surface area contributed by atoms with Gasteiger partial charge in [0, 0.05) is 36.9 Å². The molecule has 0 atom stereocenters. The van der Waals surface area contributed by atoms with Crippen LogP contribution in [0.3, 0.4) is 0 Å². The molecule has 7 nitrogen and oxygen atoms in total. The van der Waals surface area contributed by atoms with E-state index in [1.807, 2.05) is 36.1 Å². The van der Waals surface area contributed by atoms with Crippen molar-refractivity contribution in [2.45, 2.75) is 19.6 Å². The third-order valence-corrected chi connectivity index (χ3v) is 4.19. The van der Waals surface area contributed by atoms with Gasteiger partial charge in [-0.3, -0.25) is 14.6 Å². The first-order chi connectivity index (χ1) is 13.3. The molecular weight excluding hydrogens is 340 g/mol. The molecule has 0 unspecified atom stereocenters. The summed E-state index contributed by atoms with van der Waals surface area (Å²) in [4.78, 5) is 10.6. The summed E-state index contributed by atoms with van der Waals surface area (Å²) in [5, 5.41) is 8.28. The first kappa shape index (κ1) is 17.1. The van der Waals surface area contributed by atoms with Gasteiger partial charge in [0.2, 0.25) is 11.7 Å². The zero-order valence-electron chi connectivity index (χ0n) is 15.1. The van der Waals surface area contributed by atoms with E-state index in [0.29, 0.717) is 18.3 Å². The number of nitrogens with zero attached hydrogens (tertiary/aromatic N) is 6. The van der Waals surface area contributed by atoms with E-state index in [-0.39, 0.29) is 0 Å². The molecule has 1 aromatic carbocycles.